The number of fused-ring (bicyclic) bond motifs is 1. The number of amides is 2. The number of nitrogens with zero attached hydrogens (tertiary/aromatic N) is 2. The Morgan fingerprint density at radius 2 is 2.16 bits per heavy atom. The van der Waals surface area contributed by atoms with E-state index in [1.54, 1.807) is 11.8 Å². The molecule has 106 valence electrons. The van der Waals surface area contributed by atoms with Gasteiger partial charge in [-0.25, -0.2) is 4.79 Å². The molecule has 2 saturated heterocycles. The normalized spacial score (nSPS) is 30.1. The van der Waals surface area contributed by atoms with Crippen LogP contribution in [0.15, 0.2) is 0 Å². The maximum absolute atomic E-state index is 12.1. The van der Waals surface area contributed by atoms with Crippen molar-refractivity contribution >= 4 is 17.8 Å². The Morgan fingerprint density at radius 3 is 2.68 bits per heavy atom. The molecule has 2 amide bonds. The number of aliphatic carboxylic acids is 1. The predicted molar refractivity (Wildman–Crippen MR) is 67.4 cm³/mol. The third kappa shape index (κ3) is 1.89. The number of carboxylic acids is 1. The van der Waals surface area contributed by atoms with Crippen LogP contribution in [0.2, 0.25) is 0 Å². The van der Waals surface area contributed by atoms with Crippen LogP contribution in [0.4, 0.5) is 0 Å². The van der Waals surface area contributed by atoms with Crippen LogP contribution in [-0.4, -0.2) is 57.4 Å². The van der Waals surface area contributed by atoms with Crippen LogP contribution in [0.25, 0.3) is 0 Å². The van der Waals surface area contributed by atoms with Gasteiger partial charge in [-0.3, -0.25) is 9.59 Å². The zero-order valence-electron chi connectivity index (χ0n) is 11.4. The molecule has 0 saturated carbocycles. The number of hydrogen-bond acceptors (Lipinski definition) is 3. The highest BCUT2D eigenvalue weighted by Crippen LogP contribution is 2.40. The number of carbonyl (C=O) groups is 3. The fourth-order valence-electron chi connectivity index (χ4n) is 3.57. The van der Waals surface area contributed by atoms with Crippen molar-refractivity contribution in [3.8, 4) is 0 Å². The molecular weight excluding hydrogens is 248 g/mol. The molecule has 0 aliphatic carbocycles. The highest BCUT2D eigenvalue weighted by molar-refractivity contribution is 5.96. The van der Waals surface area contributed by atoms with Crippen molar-refractivity contribution in [1.29, 1.82) is 0 Å². The van der Waals surface area contributed by atoms with Crippen molar-refractivity contribution in [3.05, 3.63) is 0 Å². The van der Waals surface area contributed by atoms with E-state index in [-0.39, 0.29) is 24.3 Å². The van der Waals surface area contributed by atoms with E-state index in [2.05, 4.69) is 0 Å². The molecular formula is C13H20N2O4. The average Bonchev–Trinajstić information content (AvgIpc) is 2.65. The topological polar surface area (TPSA) is 77.9 Å². The quantitative estimate of drug-likeness (QED) is 0.806. The molecule has 6 heteroatoms. The molecule has 19 heavy (non-hydrogen) atoms. The van der Waals surface area contributed by atoms with Crippen molar-refractivity contribution in [1.82, 2.24) is 9.80 Å². The third-order valence-electron chi connectivity index (χ3n) is 4.34. The fraction of sp³-hybridized carbons (Fsp3) is 0.769. The van der Waals surface area contributed by atoms with E-state index in [0.717, 1.165) is 12.8 Å². The van der Waals surface area contributed by atoms with Crippen LogP contribution in [0.1, 0.15) is 39.5 Å². The summed E-state index contributed by atoms with van der Waals surface area (Å²) in [7, 11) is 0. The summed E-state index contributed by atoms with van der Waals surface area (Å²) in [5.74, 6) is -1.50. The summed E-state index contributed by atoms with van der Waals surface area (Å²) in [6.45, 7) is 4.03. The Bertz CT molecular complexity index is 423. The van der Waals surface area contributed by atoms with Gasteiger partial charge in [-0.2, -0.15) is 0 Å². The summed E-state index contributed by atoms with van der Waals surface area (Å²) in [4.78, 5) is 38.7. The van der Waals surface area contributed by atoms with Gasteiger partial charge in [-0.05, 0) is 26.2 Å². The maximum atomic E-state index is 12.1. The highest BCUT2D eigenvalue weighted by atomic mass is 16.4. The molecule has 0 radical (unpaired) electrons. The van der Waals surface area contributed by atoms with E-state index in [0.29, 0.717) is 19.5 Å². The second kappa shape index (κ2) is 4.83. The van der Waals surface area contributed by atoms with Gasteiger partial charge in [-0.15, -0.1) is 0 Å². The highest BCUT2D eigenvalue weighted by Gasteiger charge is 2.61. The first-order chi connectivity index (χ1) is 8.95. The van der Waals surface area contributed by atoms with E-state index >= 15 is 0 Å². The van der Waals surface area contributed by atoms with Crippen molar-refractivity contribution in [3.63, 3.8) is 0 Å². The molecule has 0 aromatic rings. The molecule has 0 aromatic carbocycles. The lowest BCUT2D eigenvalue weighted by atomic mass is 9.83. The summed E-state index contributed by atoms with van der Waals surface area (Å²) in [5, 5.41) is 9.70. The Kier molecular flexibility index (Phi) is 3.52. The molecule has 2 fully saturated rings. The minimum atomic E-state index is -1.38. The number of piperidine rings is 1. The first kappa shape index (κ1) is 13.8. The standard InChI is InChI=1S/C13H20N2O4/c1-3-15(9(2)16)13(12(18)19)8-11(17)14-7-5-4-6-10(13)14/h10H,3-8H2,1-2H3,(H,18,19). The van der Waals surface area contributed by atoms with Crippen LogP contribution >= 0.6 is 0 Å². The molecule has 2 rings (SSSR count). The van der Waals surface area contributed by atoms with E-state index in [4.69, 9.17) is 0 Å². The summed E-state index contributed by atoms with van der Waals surface area (Å²) in [6, 6.07) is -0.380. The van der Waals surface area contributed by atoms with Crippen molar-refractivity contribution in [2.45, 2.75) is 51.1 Å². The van der Waals surface area contributed by atoms with Gasteiger partial charge in [0.1, 0.15) is 0 Å². The minimum absolute atomic E-state index is 0.0968. The molecule has 2 unspecified atom stereocenters. The lowest BCUT2D eigenvalue weighted by Crippen LogP contribution is -2.63. The largest absolute Gasteiger partial charge is 0.479 e. The monoisotopic (exact) mass is 268 g/mol. The van der Waals surface area contributed by atoms with Gasteiger partial charge >= 0.3 is 5.97 Å². The van der Waals surface area contributed by atoms with E-state index in [9.17, 15) is 19.5 Å². The molecule has 0 bridgehead atoms. The number of rotatable bonds is 3. The van der Waals surface area contributed by atoms with Crippen LogP contribution < -0.4 is 0 Å². The van der Waals surface area contributed by atoms with Crippen LogP contribution in [0.5, 0.6) is 0 Å². The zero-order chi connectivity index (χ0) is 14.2. The van der Waals surface area contributed by atoms with Crippen molar-refractivity contribution in [2.75, 3.05) is 13.1 Å². The fourth-order valence-corrected chi connectivity index (χ4v) is 3.57. The minimum Gasteiger partial charge on any atom is -0.479 e. The van der Waals surface area contributed by atoms with Crippen LogP contribution in [0, 0.1) is 0 Å². The third-order valence-corrected chi connectivity index (χ3v) is 4.34. The molecule has 2 aliphatic heterocycles. The van der Waals surface area contributed by atoms with Gasteiger partial charge in [-0.1, -0.05) is 0 Å². The Morgan fingerprint density at radius 1 is 1.47 bits per heavy atom. The smallest absolute Gasteiger partial charge is 0.332 e. The lowest BCUT2D eigenvalue weighted by molar-refractivity contribution is -0.161. The van der Waals surface area contributed by atoms with Gasteiger partial charge in [0.2, 0.25) is 11.8 Å². The van der Waals surface area contributed by atoms with Crippen LogP contribution in [-0.2, 0) is 14.4 Å². The summed E-state index contributed by atoms with van der Waals surface area (Å²) in [6.07, 6.45) is 2.37. The summed E-state index contributed by atoms with van der Waals surface area (Å²) in [5.41, 5.74) is -1.38. The lowest BCUT2D eigenvalue weighted by Gasteiger charge is -2.43. The van der Waals surface area contributed by atoms with E-state index in [1.165, 1.54) is 11.8 Å². The van der Waals surface area contributed by atoms with Crippen molar-refractivity contribution in [2.24, 2.45) is 0 Å². The molecule has 2 aliphatic rings. The predicted octanol–water partition coefficient (Wildman–Crippen LogP) is 0.463. The molecule has 2 atom stereocenters. The molecule has 2 heterocycles. The number of likely N-dealkylation sites (N-methyl/N-ethyl adjacent to an activating group) is 1. The van der Waals surface area contributed by atoms with E-state index in [1.807, 2.05) is 0 Å². The molecule has 1 N–H and O–H groups in total. The summed E-state index contributed by atoms with van der Waals surface area (Å²) >= 11 is 0. The first-order valence-corrected chi connectivity index (χ1v) is 6.76. The van der Waals surface area contributed by atoms with Gasteiger partial charge < -0.3 is 14.9 Å². The van der Waals surface area contributed by atoms with E-state index < -0.39 is 11.5 Å². The van der Waals surface area contributed by atoms with Crippen molar-refractivity contribution < 1.29 is 19.5 Å². The van der Waals surface area contributed by atoms with Gasteiger partial charge in [0.05, 0.1) is 12.5 Å². The maximum Gasteiger partial charge on any atom is 0.332 e. The SMILES string of the molecule is CCN(C(C)=O)C1(C(=O)O)CC(=O)N2CCCCC21. The number of hydrogen-bond donors (Lipinski definition) is 1. The van der Waals surface area contributed by atoms with Gasteiger partial charge in [0.25, 0.3) is 0 Å². The average molecular weight is 268 g/mol. The van der Waals surface area contributed by atoms with Gasteiger partial charge in [0.15, 0.2) is 5.54 Å². The Labute approximate surface area is 112 Å². The second-order valence-electron chi connectivity index (χ2n) is 5.27. The number of carbonyl (C=O) groups excluding carboxylic acids is 2. The number of carboxylic acid groups (broad SMARTS) is 1. The van der Waals surface area contributed by atoms with Gasteiger partial charge in [0, 0.05) is 20.0 Å². The second-order valence-corrected chi connectivity index (χ2v) is 5.27. The Balaban J connectivity index is 2.47. The molecule has 6 nitrogen and oxygen atoms in total. The molecule has 0 aromatic heterocycles. The Hall–Kier alpha value is -1.59. The first-order valence-electron chi connectivity index (χ1n) is 6.76. The molecule has 0 spiro atoms. The zero-order valence-corrected chi connectivity index (χ0v) is 11.4. The summed E-state index contributed by atoms with van der Waals surface area (Å²) < 4.78 is 0. The van der Waals surface area contributed by atoms with Crippen LogP contribution in [0.3, 0.4) is 0 Å².